The molecular formula is C48H50F3NO14. The van der Waals surface area contributed by atoms with E-state index in [0.717, 1.165) is 26.0 Å². The molecule has 1 amide bonds. The van der Waals surface area contributed by atoms with Crippen molar-refractivity contribution in [3.8, 4) is 0 Å². The van der Waals surface area contributed by atoms with Gasteiger partial charge in [0.2, 0.25) is 0 Å². The summed E-state index contributed by atoms with van der Waals surface area (Å²) in [7, 11) is 0. The predicted octanol–water partition coefficient (Wildman–Crippen LogP) is 4.61. The van der Waals surface area contributed by atoms with Crippen molar-refractivity contribution in [2.24, 2.45) is 22.7 Å². The summed E-state index contributed by atoms with van der Waals surface area (Å²) < 4.78 is 70.9. The normalized spacial score (nSPS) is 30.9. The van der Waals surface area contributed by atoms with Gasteiger partial charge in [-0.1, -0.05) is 62.4 Å². The molecule has 0 radical (unpaired) electrons. The second-order valence-corrected chi connectivity index (χ2v) is 18.0. The molecular weight excluding hydrogens is 872 g/mol. The van der Waals surface area contributed by atoms with Crippen molar-refractivity contribution in [3.63, 3.8) is 0 Å². The summed E-state index contributed by atoms with van der Waals surface area (Å²) in [5.74, 6) is -8.94. The van der Waals surface area contributed by atoms with Crippen molar-refractivity contribution < 1.29 is 80.9 Å². The van der Waals surface area contributed by atoms with Crippen LogP contribution in [0.5, 0.6) is 0 Å². The van der Waals surface area contributed by atoms with Gasteiger partial charge in [-0.3, -0.25) is 19.2 Å². The maximum atomic E-state index is 15.5. The van der Waals surface area contributed by atoms with Crippen LogP contribution in [0.1, 0.15) is 85.8 Å². The van der Waals surface area contributed by atoms with E-state index in [1.807, 2.05) is 0 Å². The third kappa shape index (κ3) is 8.28. The molecule has 12 atom stereocenters. The molecule has 3 aromatic rings. The molecule has 1 aliphatic heterocycles. The Bertz CT molecular complexity index is 2420. The highest BCUT2D eigenvalue weighted by Gasteiger charge is 2.76. The third-order valence-electron chi connectivity index (χ3n) is 13.7. The Hall–Kier alpha value is -5.95. The zero-order valence-corrected chi connectivity index (χ0v) is 36.7. The average molecular weight is 922 g/mol. The van der Waals surface area contributed by atoms with Gasteiger partial charge in [-0.05, 0) is 72.4 Å². The standard InChI is InChI=1S/C48H50F3NO14/c1-23-32-39(63-24(2)53)41(58)46(6)30(55)21-31-47(22-62-31,66-25(3)54)40(46)38(65-43(60)28-15-11-8-12-16-28)33(45(32,4)5)35(56)37(23)64-44(61)36(57)34(52-42(59)27-13-9-7-10-14-27)26-17-19-29(20-18-26)48(49,50)51/h7-20,30-31,33-40,55-57H,21-22H2,1-6H3,(H,52,59)/t30-,31+,33?,34-,35+,36+,37?,38?,39+,40?,46+,47-/m0/s1. The van der Waals surface area contributed by atoms with Crippen molar-refractivity contribution in [1.29, 1.82) is 0 Å². The first-order valence-electron chi connectivity index (χ1n) is 21.2. The number of halogens is 3. The van der Waals surface area contributed by atoms with Gasteiger partial charge in [-0.2, -0.15) is 13.2 Å². The van der Waals surface area contributed by atoms with Crippen molar-refractivity contribution >= 4 is 35.6 Å². The first-order chi connectivity index (χ1) is 30.9. The molecule has 3 aliphatic carbocycles. The monoisotopic (exact) mass is 921 g/mol. The Morgan fingerprint density at radius 3 is 1.95 bits per heavy atom. The van der Waals surface area contributed by atoms with Gasteiger partial charge in [0.05, 0.1) is 41.2 Å². The summed E-state index contributed by atoms with van der Waals surface area (Å²) in [5, 5.41) is 39.1. The maximum Gasteiger partial charge on any atom is 0.416 e. The summed E-state index contributed by atoms with van der Waals surface area (Å²) in [4.78, 5) is 83.6. The van der Waals surface area contributed by atoms with Gasteiger partial charge in [0, 0.05) is 31.7 Å². The van der Waals surface area contributed by atoms with E-state index >= 15 is 4.79 Å². The lowest BCUT2D eigenvalue weighted by Crippen LogP contribution is -2.80. The fraction of sp³-hybridized carbons (Fsp3) is 0.458. The van der Waals surface area contributed by atoms with Gasteiger partial charge in [-0.15, -0.1) is 0 Å². The molecule has 3 aromatic carbocycles. The van der Waals surface area contributed by atoms with Crippen LogP contribution in [0.3, 0.4) is 0 Å². The van der Waals surface area contributed by atoms with Crippen LogP contribution in [0.4, 0.5) is 13.2 Å². The zero-order valence-electron chi connectivity index (χ0n) is 36.7. The first kappa shape index (κ1) is 48.0. The molecule has 3 fully saturated rings. The molecule has 352 valence electrons. The lowest BCUT2D eigenvalue weighted by atomic mass is 9.45. The molecule has 7 rings (SSSR count). The number of rotatable bonds is 10. The molecule has 18 heteroatoms. The van der Waals surface area contributed by atoms with Gasteiger partial charge in [0.25, 0.3) is 5.91 Å². The summed E-state index contributed by atoms with van der Waals surface area (Å²) >= 11 is 0. The highest BCUT2D eigenvalue weighted by atomic mass is 19.4. The topological polar surface area (TPSA) is 221 Å². The molecule has 0 aromatic heterocycles. The van der Waals surface area contributed by atoms with Gasteiger partial charge in [0.15, 0.2) is 23.6 Å². The van der Waals surface area contributed by atoms with Gasteiger partial charge >= 0.3 is 30.1 Å². The van der Waals surface area contributed by atoms with Crippen LogP contribution in [0, 0.1) is 22.7 Å². The van der Waals surface area contributed by atoms with E-state index in [9.17, 15) is 52.5 Å². The minimum atomic E-state index is -4.75. The van der Waals surface area contributed by atoms with Gasteiger partial charge in [0.1, 0.15) is 24.4 Å². The third-order valence-corrected chi connectivity index (χ3v) is 13.7. The smallest absolute Gasteiger partial charge is 0.416 e. The van der Waals surface area contributed by atoms with Crippen LogP contribution in [0.2, 0.25) is 0 Å². The molecule has 1 heterocycles. The van der Waals surface area contributed by atoms with E-state index in [-0.39, 0.29) is 40.9 Å². The maximum absolute atomic E-state index is 15.5. The lowest BCUT2D eigenvalue weighted by molar-refractivity contribution is -0.337. The van der Waals surface area contributed by atoms with Crippen LogP contribution >= 0.6 is 0 Å². The number of hydrogen-bond acceptors (Lipinski definition) is 14. The summed E-state index contributed by atoms with van der Waals surface area (Å²) in [6.45, 7) is 7.73. The molecule has 4 N–H and O–H groups in total. The largest absolute Gasteiger partial charge is 0.458 e. The Kier molecular flexibility index (Phi) is 12.9. The predicted molar refractivity (Wildman–Crippen MR) is 223 cm³/mol. The number of aliphatic hydroxyl groups excluding tert-OH is 3. The fourth-order valence-corrected chi connectivity index (χ4v) is 10.6. The number of ketones is 1. The van der Waals surface area contributed by atoms with E-state index in [0.29, 0.717) is 12.1 Å². The highest BCUT2D eigenvalue weighted by molar-refractivity contribution is 5.96. The van der Waals surface area contributed by atoms with Crippen LogP contribution < -0.4 is 5.32 Å². The minimum Gasteiger partial charge on any atom is -0.458 e. The fourth-order valence-electron chi connectivity index (χ4n) is 10.6. The minimum absolute atomic E-state index is 0.0110. The molecule has 0 spiro atoms. The van der Waals surface area contributed by atoms with E-state index in [2.05, 4.69) is 5.32 Å². The number of aliphatic hydroxyl groups is 3. The molecule has 66 heavy (non-hydrogen) atoms. The molecule has 4 unspecified atom stereocenters. The number of amides is 1. The second-order valence-electron chi connectivity index (χ2n) is 18.0. The Balaban J connectivity index is 1.38. The van der Waals surface area contributed by atoms with Crippen LogP contribution in [0.15, 0.2) is 96.1 Å². The van der Waals surface area contributed by atoms with Gasteiger partial charge < -0.3 is 44.3 Å². The van der Waals surface area contributed by atoms with E-state index in [1.165, 1.54) is 50.2 Å². The number of fused-ring (bicyclic) bond motifs is 5. The number of hydrogen-bond donors (Lipinski definition) is 4. The second kappa shape index (κ2) is 17.7. The van der Waals surface area contributed by atoms with Crippen LogP contribution in [0.25, 0.3) is 0 Å². The van der Waals surface area contributed by atoms with E-state index in [4.69, 9.17) is 23.7 Å². The van der Waals surface area contributed by atoms with Crippen molar-refractivity contribution in [2.75, 3.05) is 6.61 Å². The van der Waals surface area contributed by atoms with Crippen LogP contribution in [-0.4, -0.2) is 106 Å². The summed E-state index contributed by atoms with van der Waals surface area (Å²) in [5.41, 5.74) is -6.53. The number of nitrogens with one attached hydrogen (secondary N) is 1. The Labute approximate surface area is 377 Å². The van der Waals surface area contributed by atoms with Crippen LogP contribution in [-0.2, 0) is 49.0 Å². The lowest BCUT2D eigenvalue weighted by Gasteiger charge is -2.66. The van der Waals surface area contributed by atoms with E-state index < -0.39 is 124 Å². The van der Waals surface area contributed by atoms with E-state index in [1.54, 1.807) is 38.1 Å². The molecule has 2 saturated carbocycles. The number of esters is 4. The Morgan fingerprint density at radius 2 is 1.42 bits per heavy atom. The molecule has 2 bridgehead atoms. The van der Waals surface area contributed by atoms with Crippen molar-refractivity contribution in [2.45, 2.75) is 109 Å². The summed E-state index contributed by atoms with van der Waals surface area (Å²) in [6.07, 6.45) is -17.3. The number of carbonyl (C=O) groups is 6. The number of alkyl halides is 3. The first-order valence-corrected chi connectivity index (χ1v) is 21.2. The van der Waals surface area contributed by atoms with Crippen molar-refractivity contribution in [3.05, 3.63) is 118 Å². The summed E-state index contributed by atoms with van der Waals surface area (Å²) in [6, 6.07) is 16.8. The Morgan fingerprint density at radius 1 is 0.833 bits per heavy atom. The molecule has 1 saturated heterocycles. The number of Topliss-reactive ketones (excluding diaryl/α,β-unsaturated/α-hetero) is 1. The average Bonchev–Trinajstić information content (AvgIpc) is 3.26. The molecule has 15 nitrogen and oxygen atoms in total. The van der Waals surface area contributed by atoms with Gasteiger partial charge in [-0.25, -0.2) is 9.59 Å². The number of ether oxygens (including phenoxy) is 5. The SMILES string of the molecule is CC(=O)O[C@H]1C(=O)[C@@]2(C)C(C(OC(=O)c3ccccc3)C3[C@@H](O)C(OC(=O)[C@H](O)[C@@H](NC(=O)c4ccccc4)c4ccc(C(F)(F)F)cc4)C(C)=C1C3(C)C)[C@]1(OC(C)=O)CO[C@@H]1C[C@@H]2O. The van der Waals surface area contributed by atoms with Crippen molar-refractivity contribution in [1.82, 2.24) is 5.32 Å². The zero-order chi connectivity index (χ0) is 48.3. The number of carbonyl (C=O) groups excluding carboxylic acids is 6. The highest BCUT2D eigenvalue weighted by Crippen LogP contribution is 2.63. The quantitative estimate of drug-likeness (QED) is 0.124. The molecule has 4 aliphatic rings. The number of benzene rings is 3.